The highest BCUT2D eigenvalue weighted by Crippen LogP contribution is 2.65. The molecule has 4 heteroatoms. The number of aromatic nitrogens is 1. The minimum absolute atomic E-state index is 0.0960. The number of halogens is 1. The molecular weight excluding hydrogens is 412 g/mol. The maximum Gasteiger partial charge on any atom is 0.253 e. The molecule has 0 bridgehead atoms. The SMILES string of the molecule is CC(C)Cn1cc(C(=O)NCC23CCCC4CC(CC2)C43)c2c(Br)cccc21. The van der Waals surface area contributed by atoms with Gasteiger partial charge in [-0.3, -0.25) is 4.79 Å². The molecule has 2 aromatic rings. The van der Waals surface area contributed by atoms with E-state index in [9.17, 15) is 4.79 Å². The Morgan fingerprint density at radius 3 is 2.93 bits per heavy atom. The van der Waals surface area contributed by atoms with E-state index in [1.165, 1.54) is 38.5 Å². The summed E-state index contributed by atoms with van der Waals surface area (Å²) in [6, 6.07) is 6.22. The van der Waals surface area contributed by atoms with E-state index in [-0.39, 0.29) is 5.91 Å². The number of benzene rings is 1. The molecule has 1 aromatic heterocycles. The molecule has 3 nitrogen and oxygen atoms in total. The summed E-state index contributed by atoms with van der Waals surface area (Å²) in [5, 5.41) is 4.43. The van der Waals surface area contributed by atoms with Crippen LogP contribution in [0, 0.1) is 29.1 Å². The highest BCUT2D eigenvalue weighted by molar-refractivity contribution is 9.10. The summed E-state index contributed by atoms with van der Waals surface area (Å²) in [6.45, 7) is 6.23. The van der Waals surface area contributed by atoms with Crippen molar-refractivity contribution in [3.8, 4) is 0 Å². The largest absolute Gasteiger partial charge is 0.351 e. The summed E-state index contributed by atoms with van der Waals surface area (Å²) in [5.41, 5.74) is 2.34. The van der Waals surface area contributed by atoms with Crippen LogP contribution in [0.15, 0.2) is 28.9 Å². The molecule has 3 aliphatic carbocycles. The molecule has 0 radical (unpaired) electrons. The van der Waals surface area contributed by atoms with Gasteiger partial charge in [-0.1, -0.05) is 48.7 Å². The fourth-order valence-corrected chi connectivity index (χ4v) is 7.35. The van der Waals surface area contributed by atoms with Gasteiger partial charge in [0.05, 0.1) is 5.56 Å². The molecule has 1 aromatic carbocycles. The Morgan fingerprint density at radius 2 is 2.11 bits per heavy atom. The highest BCUT2D eigenvalue weighted by Gasteiger charge is 2.58. The van der Waals surface area contributed by atoms with E-state index in [0.29, 0.717) is 11.3 Å². The van der Waals surface area contributed by atoms with Gasteiger partial charge in [0.1, 0.15) is 0 Å². The average molecular weight is 443 g/mol. The Hall–Kier alpha value is -1.29. The molecule has 28 heavy (non-hydrogen) atoms. The quantitative estimate of drug-likeness (QED) is 0.604. The smallest absolute Gasteiger partial charge is 0.253 e. The normalized spacial score (nSPS) is 31.1. The lowest BCUT2D eigenvalue weighted by Gasteiger charge is -2.53. The Kier molecular flexibility index (Phi) is 4.61. The summed E-state index contributed by atoms with van der Waals surface area (Å²) in [4.78, 5) is 13.3. The molecule has 5 rings (SSSR count). The minimum Gasteiger partial charge on any atom is -0.351 e. The van der Waals surface area contributed by atoms with Gasteiger partial charge >= 0.3 is 0 Å². The average Bonchev–Trinajstić information content (AvgIpc) is 3.17. The fraction of sp³-hybridized carbons (Fsp3) is 0.625. The van der Waals surface area contributed by atoms with E-state index in [1.807, 2.05) is 6.07 Å². The lowest BCUT2D eigenvalue weighted by Crippen LogP contribution is -2.50. The maximum atomic E-state index is 13.3. The maximum absolute atomic E-state index is 13.3. The van der Waals surface area contributed by atoms with Crippen LogP contribution >= 0.6 is 15.9 Å². The van der Waals surface area contributed by atoms with Crippen LogP contribution in [0.5, 0.6) is 0 Å². The first kappa shape index (κ1) is 18.7. The fourth-order valence-electron chi connectivity index (χ4n) is 6.78. The number of nitrogens with one attached hydrogen (secondary N) is 1. The van der Waals surface area contributed by atoms with Crippen molar-refractivity contribution < 1.29 is 4.79 Å². The van der Waals surface area contributed by atoms with Crippen LogP contribution in [0.25, 0.3) is 10.9 Å². The zero-order chi connectivity index (χ0) is 19.5. The van der Waals surface area contributed by atoms with Crippen molar-refractivity contribution in [2.45, 2.75) is 58.9 Å². The van der Waals surface area contributed by atoms with Crippen molar-refractivity contribution in [3.63, 3.8) is 0 Å². The van der Waals surface area contributed by atoms with Crippen molar-refractivity contribution in [1.82, 2.24) is 9.88 Å². The molecule has 1 amide bonds. The molecule has 0 spiro atoms. The van der Waals surface area contributed by atoms with Gasteiger partial charge in [-0.2, -0.15) is 0 Å². The molecule has 0 aliphatic heterocycles. The summed E-state index contributed by atoms with van der Waals surface area (Å²) < 4.78 is 3.25. The van der Waals surface area contributed by atoms with Gasteiger partial charge in [-0.05, 0) is 66.9 Å². The standard InChI is InChI=1S/C24H31BrN2O/c1-15(2)12-27-13-18(21-19(25)6-3-7-20(21)27)23(28)26-14-24-9-4-5-16-11-17(8-10-24)22(16)24/h3,6-7,13,15-17,22H,4-5,8-12,14H2,1-2H3,(H,26,28). The number of amides is 1. The summed E-state index contributed by atoms with van der Waals surface area (Å²) in [6.07, 6.45) is 10.3. The molecule has 4 atom stereocenters. The molecule has 150 valence electrons. The molecule has 4 unspecified atom stereocenters. The monoisotopic (exact) mass is 442 g/mol. The van der Waals surface area contributed by atoms with Crippen molar-refractivity contribution in [2.75, 3.05) is 6.54 Å². The first-order chi connectivity index (χ1) is 13.5. The third-order valence-corrected chi connectivity index (χ3v) is 8.51. The van der Waals surface area contributed by atoms with Crippen molar-refractivity contribution in [1.29, 1.82) is 0 Å². The van der Waals surface area contributed by atoms with Crippen LogP contribution in [0.4, 0.5) is 0 Å². The van der Waals surface area contributed by atoms with Crippen LogP contribution in [0.3, 0.4) is 0 Å². The Bertz CT molecular complexity index is 913. The number of fused-ring (bicyclic) bond motifs is 1. The van der Waals surface area contributed by atoms with Crippen LogP contribution in [-0.4, -0.2) is 17.0 Å². The number of carbonyl (C=O) groups excluding carboxylic acids is 1. The van der Waals surface area contributed by atoms with Gasteiger partial charge < -0.3 is 9.88 Å². The van der Waals surface area contributed by atoms with E-state index >= 15 is 0 Å². The first-order valence-corrected chi connectivity index (χ1v) is 11.8. The minimum atomic E-state index is 0.0960. The van der Waals surface area contributed by atoms with Gasteiger partial charge in [-0.15, -0.1) is 0 Å². The van der Waals surface area contributed by atoms with Crippen LogP contribution in [0.1, 0.15) is 62.7 Å². The van der Waals surface area contributed by atoms with Gasteiger partial charge in [0, 0.05) is 34.7 Å². The second kappa shape index (κ2) is 6.90. The van der Waals surface area contributed by atoms with Crippen LogP contribution in [0.2, 0.25) is 0 Å². The zero-order valence-electron chi connectivity index (χ0n) is 17.0. The summed E-state index contributed by atoms with van der Waals surface area (Å²) in [5.74, 6) is 3.41. The number of rotatable bonds is 5. The molecule has 1 heterocycles. The topological polar surface area (TPSA) is 34.0 Å². The first-order valence-electron chi connectivity index (χ1n) is 11.0. The van der Waals surface area contributed by atoms with E-state index in [1.54, 1.807) is 0 Å². The van der Waals surface area contributed by atoms with Crippen molar-refractivity contribution >= 4 is 32.7 Å². The molecule has 3 fully saturated rings. The van der Waals surface area contributed by atoms with Gasteiger partial charge in [0.2, 0.25) is 0 Å². The number of hydrogen-bond donors (Lipinski definition) is 1. The summed E-state index contributed by atoms with van der Waals surface area (Å²) in [7, 11) is 0. The Morgan fingerprint density at radius 1 is 1.29 bits per heavy atom. The van der Waals surface area contributed by atoms with E-state index in [4.69, 9.17) is 0 Å². The van der Waals surface area contributed by atoms with Gasteiger partial charge in [0.15, 0.2) is 0 Å². The molecule has 3 saturated carbocycles. The predicted molar refractivity (Wildman–Crippen MR) is 117 cm³/mol. The number of carbonyl (C=O) groups is 1. The van der Waals surface area contributed by atoms with E-state index in [0.717, 1.165) is 51.8 Å². The second-order valence-electron chi connectivity index (χ2n) is 9.98. The lowest BCUT2D eigenvalue weighted by atomic mass is 9.52. The van der Waals surface area contributed by atoms with Crippen LogP contribution in [-0.2, 0) is 6.54 Å². The Balaban J connectivity index is 1.40. The predicted octanol–water partition coefficient (Wildman–Crippen LogP) is 6.01. The lowest BCUT2D eigenvalue weighted by molar-refractivity contribution is -0.0335. The van der Waals surface area contributed by atoms with E-state index < -0.39 is 0 Å². The van der Waals surface area contributed by atoms with Crippen molar-refractivity contribution in [3.05, 3.63) is 34.4 Å². The number of nitrogens with zero attached hydrogens (tertiary/aromatic N) is 1. The third-order valence-electron chi connectivity index (χ3n) is 7.85. The molecule has 0 saturated heterocycles. The third kappa shape index (κ3) is 2.86. The second-order valence-corrected chi connectivity index (χ2v) is 10.8. The van der Waals surface area contributed by atoms with Gasteiger partial charge in [0.25, 0.3) is 5.91 Å². The molecule has 3 aliphatic rings. The number of hydrogen-bond acceptors (Lipinski definition) is 1. The highest BCUT2D eigenvalue weighted by atomic mass is 79.9. The zero-order valence-corrected chi connectivity index (χ0v) is 18.6. The van der Waals surface area contributed by atoms with Gasteiger partial charge in [-0.25, -0.2) is 0 Å². The molecular formula is C24H31BrN2O. The Labute approximate surface area is 176 Å². The summed E-state index contributed by atoms with van der Waals surface area (Å²) >= 11 is 3.69. The van der Waals surface area contributed by atoms with E-state index in [2.05, 4.69) is 58.0 Å². The van der Waals surface area contributed by atoms with Crippen LogP contribution < -0.4 is 5.32 Å². The molecule has 1 N–H and O–H groups in total. The van der Waals surface area contributed by atoms with Crippen molar-refractivity contribution in [2.24, 2.45) is 29.1 Å².